The molecule has 0 aliphatic carbocycles. The molecule has 0 bridgehead atoms. The summed E-state index contributed by atoms with van der Waals surface area (Å²) in [5, 5.41) is 9.10. The van der Waals surface area contributed by atoms with Crippen molar-refractivity contribution in [1.29, 1.82) is 0 Å². The number of rotatable bonds is 4. The molecule has 0 aliphatic rings. The van der Waals surface area contributed by atoms with E-state index in [0.717, 1.165) is 0 Å². The highest BCUT2D eigenvalue weighted by molar-refractivity contribution is 6.04. The van der Waals surface area contributed by atoms with Crippen LogP contribution in [-0.4, -0.2) is 28.9 Å². The van der Waals surface area contributed by atoms with Crippen LogP contribution in [0.15, 0.2) is 48.5 Å². The summed E-state index contributed by atoms with van der Waals surface area (Å²) in [4.78, 5) is 24.7. The molecule has 0 radical (unpaired) electrons. The second-order valence-electron chi connectivity index (χ2n) is 4.60. The Morgan fingerprint density at radius 2 is 1.62 bits per heavy atom. The smallest absolute Gasteiger partial charge is 0.336 e. The van der Waals surface area contributed by atoms with E-state index in [-0.39, 0.29) is 17.7 Å². The molecule has 0 aliphatic heterocycles. The van der Waals surface area contributed by atoms with Crippen molar-refractivity contribution in [3.05, 3.63) is 71.0 Å². The summed E-state index contributed by atoms with van der Waals surface area (Å²) in [5.41, 5.74) is 0.396. The van der Waals surface area contributed by atoms with Crippen LogP contribution in [0.2, 0.25) is 0 Å². The largest absolute Gasteiger partial charge is 0.478 e. The van der Waals surface area contributed by atoms with Crippen LogP contribution in [0, 0.1) is 5.82 Å². The van der Waals surface area contributed by atoms with Crippen molar-refractivity contribution in [2.24, 2.45) is 0 Å². The normalized spacial score (nSPS) is 10.2. The maximum atomic E-state index is 13.6. The van der Waals surface area contributed by atoms with Crippen molar-refractivity contribution in [1.82, 2.24) is 4.90 Å². The van der Waals surface area contributed by atoms with Crippen LogP contribution in [0.1, 0.15) is 26.3 Å². The minimum absolute atomic E-state index is 0.0668. The summed E-state index contributed by atoms with van der Waals surface area (Å²) in [6.07, 6.45) is 0. The Morgan fingerprint density at radius 3 is 2.24 bits per heavy atom. The number of carbonyl (C=O) groups excluding carboxylic acids is 1. The summed E-state index contributed by atoms with van der Waals surface area (Å²) in [6.45, 7) is 0.0689. The molecule has 0 fully saturated rings. The molecule has 2 aromatic rings. The molecule has 2 rings (SSSR count). The van der Waals surface area contributed by atoms with Gasteiger partial charge in [0, 0.05) is 19.2 Å². The highest BCUT2D eigenvalue weighted by atomic mass is 19.1. The zero-order valence-electron chi connectivity index (χ0n) is 11.4. The summed E-state index contributed by atoms with van der Waals surface area (Å²) in [6, 6.07) is 12.1. The van der Waals surface area contributed by atoms with E-state index in [2.05, 4.69) is 0 Å². The Bertz CT molecular complexity index is 685. The van der Waals surface area contributed by atoms with Crippen LogP contribution in [-0.2, 0) is 6.54 Å². The molecule has 0 atom stereocenters. The molecular weight excluding hydrogens is 273 g/mol. The quantitative estimate of drug-likeness (QED) is 0.940. The fourth-order valence-corrected chi connectivity index (χ4v) is 2.02. The number of aromatic carboxylic acids is 1. The van der Waals surface area contributed by atoms with Crippen molar-refractivity contribution < 1.29 is 19.1 Å². The standard InChI is InChI=1S/C16H14FNO3/c1-18(10-11-6-2-5-9-14(11)17)15(19)12-7-3-4-8-13(12)16(20)21/h2-9H,10H2,1H3,(H,20,21). The lowest BCUT2D eigenvalue weighted by atomic mass is 10.1. The van der Waals surface area contributed by atoms with Crippen molar-refractivity contribution in [3.8, 4) is 0 Å². The Morgan fingerprint density at radius 1 is 1.05 bits per heavy atom. The monoisotopic (exact) mass is 287 g/mol. The third kappa shape index (κ3) is 3.25. The first kappa shape index (κ1) is 14.7. The second kappa shape index (κ2) is 6.17. The number of carbonyl (C=O) groups is 2. The summed E-state index contributed by atoms with van der Waals surface area (Å²) < 4.78 is 13.6. The first-order valence-corrected chi connectivity index (χ1v) is 6.32. The zero-order valence-corrected chi connectivity index (χ0v) is 11.4. The van der Waals surface area contributed by atoms with Gasteiger partial charge in [-0.2, -0.15) is 0 Å². The number of benzene rings is 2. The second-order valence-corrected chi connectivity index (χ2v) is 4.60. The average Bonchev–Trinajstić information content (AvgIpc) is 2.48. The van der Waals surface area contributed by atoms with Crippen LogP contribution in [0.25, 0.3) is 0 Å². The highest BCUT2D eigenvalue weighted by Crippen LogP contribution is 2.14. The van der Waals surface area contributed by atoms with Crippen LogP contribution in [0.5, 0.6) is 0 Å². The van der Waals surface area contributed by atoms with Gasteiger partial charge < -0.3 is 10.0 Å². The highest BCUT2D eigenvalue weighted by Gasteiger charge is 2.19. The molecule has 0 unspecified atom stereocenters. The zero-order chi connectivity index (χ0) is 15.4. The molecule has 0 saturated carbocycles. The van der Waals surface area contributed by atoms with Gasteiger partial charge in [0.15, 0.2) is 0 Å². The van der Waals surface area contributed by atoms with Crippen molar-refractivity contribution >= 4 is 11.9 Å². The lowest BCUT2D eigenvalue weighted by Crippen LogP contribution is -2.28. The van der Waals surface area contributed by atoms with Crippen LogP contribution >= 0.6 is 0 Å². The fraction of sp³-hybridized carbons (Fsp3) is 0.125. The van der Waals surface area contributed by atoms with E-state index in [1.807, 2.05) is 0 Å². The summed E-state index contributed by atoms with van der Waals surface area (Å²) in [5.74, 6) is -2.03. The van der Waals surface area contributed by atoms with Gasteiger partial charge in [-0.15, -0.1) is 0 Å². The predicted molar refractivity (Wildman–Crippen MR) is 75.6 cm³/mol. The molecule has 5 heteroatoms. The lowest BCUT2D eigenvalue weighted by molar-refractivity contribution is 0.0680. The molecular formula is C16H14FNO3. The summed E-state index contributed by atoms with van der Waals surface area (Å²) in [7, 11) is 1.51. The van der Waals surface area contributed by atoms with E-state index < -0.39 is 17.7 Å². The molecule has 0 spiro atoms. The number of hydrogen-bond acceptors (Lipinski definition) is 2. The van der Waals surface area contributed by atoms with Gasteiger partial charge in [0.2, 0.25) is 0 Å². The van der Waals surface area contributed by atoms with Gasteiger partial charge in [-0.1, -0.05) is 30.3 Å². The van der Waals surface area contributed by atoms with Crippen LogP contribution in [0.4, 0.5) is 4.39 Å². The van der Waals surface area contributed by atoms with Gasteiger partial charge in [0.05, 0.1) is 11.1 Å². The van der Waals surface area contributed by atoms with Crippen molar-refractivity contribution in [2.45, 2.75) is 6.54 Å². The predicted octanol–water partition coefficient (Wildman–Crippen LogP) is 2.80. The molecule has 108 valence electrons. The van der Waals surface area contributed by atoms with Crippen molar-refractivity contribution in [3.63, 3.8) is 0 Å². The number of amides is 1. The Hall–Kier alpha value is -2.69. The van der Waals surface area contributed by atoms with Gasteiger partial charge in [-0.05, 0) is 18.2 Å². The van der Waals surface area contributed by atoms with Gasteiger partial charge in [0.25, 0.3) is 5.91 Å². The molecule has 0 saturated heterocycles. The van der Waals surface area contributed by atoms with E-state index in [4.69, 9.17) is 5.11 Å². The molecule has 0 aromatic heterocycles. The first-order valence-electron chi connectivity index (χ1n) is 6.32. The fourth-order valence-electron chi connectivity index (χ4n) is 2.02. The number of carboxylic acid groups (broad SMARTS) is 1. The molecule has 0 heterocycles. The van der Waals surface area contributed by atoms with E-state index in [1.165, 1.54) is 30.1 Å². The van der Waals surface area contributed by atoms with Gasteiger partial charge in [0.1, 0.15) is 5.82 Å². The minimum Gasteiger partial charge on any atom is -0.478 e. The Balaban J connectivity index is 2.24. The summed E-state index contributed by atoms with van der Waals surface area (Å²) >= 11 is 0. The average molecular weight is 287 g/mol. The molecule has 21 heavy (non-hydrogen) atoms. The van der Waals surface area contributed by atoms with Crippen LogP contribution in [0.3, 0.4) is 0 Å². The number of nitrogens with zero attached hydrogens (tertiary/aromatic N) is 1. The molecule has 2 aromatic carbocycles. The van der Waals surface area contributed by atoms with E-state index in [9.17, 15) is 14.0 Å². The maximum absolute atomic E-state index is 13.6. The topological polar surface area (TPSA) is 57.6 Å². The number of halogens is 1. The Labute approximate surface area is 121 Å². The number of carboxylic acids is 1. The molecule has 1 N–H and O–H groups in total. The minimum atomic E-state index is -1.17. The van der Waals surface area contributed by atoms with Gasteiger partial charge in [-0.3, -0.25) is 4.79 Å². The van der Waals surface area contributed by atoms with Crippen molar-refractivity contribution in [2.75, 3.05) is 7.05 Å². The molecule has 4 nitrogen and oxygen atoms in total. The van der Waals surface area contributed by atoms with E-state index >= 15 is 0 Å². The maximum Gasteiger partial charge on any atom is 0.336 e. The first-order chi connectivity index (χ1) is 10.0. The van der Waals surface area contributed by atoms with Crippen LogP contribution < -0.4 is 0 Å². The SMILES string of the molecule is CN(Cc1ccccc1F)C(=O)c1ccccc1C(=O)O. The van der Waals surface area contributed by atoms with E-state index in [0.29, 0.717) is 5.56 Å². The Kier molecular flexibility index (Phi) is 4.33. The van der Waals surface area contributed by atoms with Gasteiger partial charge in [-0.25, -0.2) is 9.18 Å². The molecule has 1 amide bonds. The third-order valence-corrected chi connectivity index (χ3v) is 3.10. The van der Waals surface area contributed by atoms with E-state index in [1.54, 1.807) is 30.3 Å². The third-order valence-electron chi connectivity index (χ3n) is 3.10. The van der Waals surface area contributed by atoms with Gasteiger partial charge >= 0.3 is 5.97 Å². The number of hydrogen-bond donors (Lipinski definition) is 1. The lowest BCUT2D eigenvalue weighted by Gasteiger charge is -2.18.